The summed E-state index contributed by atoms with van der Waals surface area (Å²) in [6.45, 7) is 1.84. The molecule has 0 saturated heterocycles. The van der Waals surface area contributed by atoms with Gasteiger partial charge in [-0.3, -0.25) is 9.59 Å². The largest absolute Gasteiger partial charge is 0.461 e. The smallest absolute Gasteiger partial charge is 0.359 e. The number of nitrogens with zero attached hydrogens (tertiary/aromatic N) is 2. The molecule has 1 amide bonds. The molecule has 0 aliphatic carbocycles. The van der Waals surface area contributed by atoms with Crippen LogP contribution in [-0.2, 0) is 16.0 Å². The van der Waals surface area contributed by atoms with Gasteiger partial charge in [-0.05, 0) is 47.5 Å². The number of ether oxygens (including phenoxy) is 1. The second-order valence-corrected chi connectivity index (χ2v) is 9.30. The highest BCUT2D eigenvalue weighted by Crippen LogP contribution is 2.31. The molecule has 0 aliphatic heterocycles. The van der Waals surface area contributed by atoms with Crippen molar-refractivity contribution < 1.29 is 14.3 Å². The molecule has 1 N–H and O–H groups in total. The minimum absolute atomic E-state index is 0.00722. The molecule has 180 valence electrons. The van der Waals surface area contributed by atoms with Gasteiger partial charge < -0.3 is 10.1 Å². The lowest BCUT2D eigenvalue weighted by atomic mass is 10.0. The van der Waals surface area contributed by atoms with E-state index in [1.807, 2.05) is 42.5 Å². The van der Waals surface area contributed by atoms with Crippen LogP contribution < -0.4 is 10.9 Å². The molecule has 0 fully saturated rings. The molecule has 9 heteroatoms. The highest BCUT2D eigenvalue weighted by Gasteiger charge is 2.23. The van der Waals surface area contributed by atoms with Gasteiger partial charge in [0.15, 0.2) is 5.69 Å². The van der Waals surface area contributed by atoms with E-state index >= 15 is 0 Å². The molecule has 5 aromatic rings. The number of nitrogens with one attached hydrogen (secondary N) is 1. The second kappa shape index (κ2) is 9.93. The maximum absolute atomic E-state index is 13.5. The molecule has 0 saturated carbocycles. The van der Waals surface area contributed by atoms with Crippen molar-refractivity contribution in [2.75, 3.05) is 11.9 Å². The minimum Gasteiger partial charge on any atom is -0.461 e. The van der Waals surface area contributed by atoms with E-state index in [-0.39, 0.29) is 30.0 Å². The van der Waals surface area contributed by atoms with Gasteiger partial charge in [0.25, 0.3) is 5.56 Å². The number of anilines is 1. The van der Waals surface area contributed by atoms with Gasteiger partial charge in [0.1, 0.15) is 5.00 Å². The van der Waals surface area contributed by atoms with Crippen LogP contribution in [0.15, 0.2) is 76.9 Å². The Morgan fingerprint density at radius 3 is 2.56 bits per heavy atom. The average molecular weight is 518 g/mol. The molecule has 0 bridgehead atoms. The Kier molecular flexibility index (Phi) is 6.54. The molecule has 0 aliphatic rings. The van der Waals surface area contributed by atoms with Crippen LogP contribution in [0.5, 0.6) is 0 Å². The third-order valence-electron chi connectivity index (χ3n) is 5.68. The van der Waals surface area contributed by atoms with Crippen LogP contribution in [0.25, 0.3) is 27.2 Å². The van der Waals surface area contributed by atoms with Crippen molar-refractivity contribution in [2.45, 2.75) is 13.3 Å². The van der Waals surface area contributed by atoms with Gasteiger partial charge in [0.05, 0.1) is 24.1 Å². The number of amides is 1. The number of thiophene rings is 1. The summed E-state index contributed by atoms with van der Waals surface area (Å²) in [5.41, 5.74) is 0.823. The van der Waals surface area contributed by atoms with E-state index in [1.54, 1.807) is 36.6 Å². The van der Waals surface area contributed by atoms with Gasteiger partial charge >= 0.3 is 5.97 Å². The van der Waals surface area contributed by atoms with Gasteiger partial charge in [0, 0.05) is 15.8 Å². The summed E-state index contributed by atoms with van der Waals surface area (Å²) in [4.78, 5) is 39.3. The van der Waals surface area contributed by atoms with Gasteiger partial charge in [0.2, 0.25) is 5.91 Å². The fourth-order valence-corrected chi connectivity index (χ4v) is 5.12. The summed E-state index contributed by atoms with van der Waals surface area (Å²) in [6, 6.07) is 20.2. The lowest BCUT2D eigenvalue weighted by Gasteiger charge is -2.10. The Balaban J connectivity index is 1.57. The first-order valence-electron chi connectivity index (χ1n) is 11.2. The number of halogens is 1. The summed E-state index contributed by atoms with van der Waals surface area (Å²) in [7, 11) is 0. The number of aromatic nitrogens is 2. The number of benzene rings is 3. The molecule has 0 atom stereocenters. The zero-order chi connectivity index (χ0) is 25.2. The maximum atomic E-state index is 13.5. The van der Waals surface area contributed by atoms with Crippen LogP contribution in [0.2, 0.25) is 5.02 Å². The van der Waals surface area contributed by atoms with Gasteiger partial charge in [-0.25, -0.2) is 4.79 Å². The lowest BCUT2D eigenvalue weighted by molar-refractivity contribution is -0.115. The molecular weight excluding hydrogens is 498 g/mol. The first-order valence-corrected chi connectivity index (χ1v) is 12.5. The SMILES string of the molecule is CCOC(=O)c1nn(-c2ccc(Cl)cc2)c(=O)c2c(NC(=O)Cc3cccc4ccccc34)scc12. The first kappa shape index (κ1) is 23.7. The molecule has 2 heterocycles. The van der Waals surface area contributed by atoms with Crippen molar-refractivity contribution in [3.8, 4) is 5.69 Å². The molecule has 0 spiro atoms. The Morgan fingerprint density at radius 1 is 1.03 bits per heavy atom. The molecule has 3 aromatic carbocycles. The van der Waals surface area contributed by atoms with E-state index in [9.17, 15) is 14.4 Å². The van der Waals surface area contributed by atoms with Crippen molar-refractivity contribution in [3.05, 3.63) is 98.7 Å². The average Bonchev–Trinajstić information content (AvgIpc) is 3.29. The number of hydrogen-bond acceptors (Lipinski definition) is 6. The van der Waals surface area contributed by atoms with Gasteiger partial charge in [-0.2, -0.15) is 9.78 Å². The minimum atomic E-state index is -0.656. The number of hydrogen-bond donors (Lipinski definition) is 1. The van der Waals surface area contributed by atoms with Crippen LogP contribution in [0.1, 0.15) is 23.0 Å². The van der Waals surface area contributed by atoms with Crippen molar-refractivity contribution in [2.24, 2.45) is 0 Å². The third kappa shape index (κ3) is 4.48. The first-order chi connectivity index (χ1) is 17.5. The van der Waals surface area contributed by atoms with Crippen LogP contribution in [0, 0.1) is 0 Å². The van der Waals surface area contributed by atoms with Crippen LogP contribution in [0.3, 0.4) is 0 Å². The topological polar surface area (TPSA) is 90.3 Å². The summed E-state index contributed by atoms with van der Waals surface area (Å²) in [5.74, 6) is -0.932. The Labute approximate surface area is 214 Å². The molecule has 36 heavy (non-hydrogen) atoms. The number of carbonyl (C=O) groups is 2. The van der Waals surface area contributed by atoms with Crippen molar-refractivity contribution in [1.82, 2.24) is 9.78 Å². The zero-order valence-corrected chi connectivity index (χ0v) is 20.7. The zero-order valence-electron chi connectivity index (χ0n) is 19.2. The highest BCUT2D eigenvalue weighted by atomic mass is 35.5. The molecule has 7 nitrogen and oxygen atoms in total. The lowest BCUT2D eigenvalue weighted by Crippen LogP contribution is -2.25. The summed E-state index contributed by atoms with van der Waals surface area (Å²) in [5, 5.41) is 12.2. The van der Waals surface area contributed by atoms with E-state index in [0.717, 1.165) is 32.4 Å². The Hall–Kier alpha value is -4.01. The van der Waals surface area contributed by atoms with Gasteiger partial charge in [-0.15, -0.1) is 11.3 Å². The van der Waals surface area contributed by atoms with E-state index in [1.165, 1.54) is 0 Å². The number of fused-ring (bicyclic) bond motifs is 2. The summed E-state index contributed by atoms with van der Waals surface area (Å²) >= 11 is 7.16. The third-order valence-corrected chi connectivity index (χ3v) is 6.82. The molecule has 2 aromatic heterocycles. The molecular formula is C27H20ClN3O4S. The molecule has 0 radical (unpaired) electrons. The predicted molar refractivity (Wildman–Crippen MR) is 142 cm³/mol. The van der Waals surface area contributed by atoms with Crippen molar-refractivity contribution >= 4 is 61.4 Å². The van der Waals surface area contributed by atoms with Crippen LogP contribution in [0.4, 0.5) is 5.00 Å². The monoisotopic (exact) mass is 517 g/mol. The highest BCUT2D eigenvalue weighted by molar-refractivity contribution is 7.16. The quantitative estimate of drug-likeness (QED) is 0.296. The number of carbonyl (C=O) groups excluding carboxylic acids is 2. The van der Waals surface area contributed by atoms with Crippen LogP contribution >= 0.6 is 22.9 Å². The van der Waals surface area contributed by atoms with E-state index < -0.39 is 11.5 Å². The van der Waals surface area contributed by atoms with E-state index in [2.05, 4.69) is 10.4 Å². The van der Waals surface area contributed by atoms with Crippen molar-refractivity contribution in [3.63, 3.8) is 0 Å². The standard InChI is InChI=1S/C27H20ClN3O4S/c1-2-35-27(34)24-21-15-36-25(23(21)26(33)31(30-24)19-12-10-18(28)11-13-19)29-22(32)14-17-8-5-7-16-6-3-4-9-20(16)17/h3-13,15H,2,14H2,1H3,(H,29,32). The maximum Gasteiger partial charge on any atom is 0.359 e. The number of esters is 1. The van der Waals surface area contributed by atoms with Crippen molar-refractivity contribution in [1.29, 1.82) is 0 Å². The van der Waals surface area contributed by atoms with Crippen LogP contribution in [-0.4, -0.2) is 28.3 Å². The normalized spacial score (nSPS) is 11.1. The summed E-state index contributed by atoms with van der Waals surface area (Å²) < 4.78 is 6.30. The van der Waals surface area contributed by atoms with E-state index in [0.29, 0.717) is 21.1 Å². The number of rotatable bonds is 6. The molecule has 5 rings (SSSR count). The van der Waals surface area contributed by atoms with Gasteiger partial charge in [-0.1, -0.05) is 54.1 Å². The predicted octanol–water partition coefficient (Wildman–Crippen LogP) is 5.61. The fraction of sp³-hybridized carbons (Fsp3) is 0.111. The van der Waals surface area contributed by atoms with E-state index in [4.69, 9.17) is 16.3 Å². The second-order valence-electron chi connectivity index (χ2n) is 7.98. The fourth-order valence-electron chi connectivity index (χ4n) is 4.04. The molecule has 0 unspecified atom stereocenters. The Bertz CT molecular complexity index is 1670. The Morgan fingerprint density at radius 2 is 1.78 bits per heavy atom. The summed E-state index contributed by atoms with van der Waals surface area (Å²) in [6.07, 6.45) is 0.127.